The molecule has 0 unspecified atom stereocenters. The van der Waals surface area contributed by atoms with Gasteiger partial charge in [0.15, 0.2) is 13.9 Å². The molecule has 1 aliphatic heterocycles. The van der Waals surface area contributed by atoms with Crippen LogP contribution in [-0.2, 0) is 10.0 Å². The van der Waals surface area contributed by atoms with Gasteiger partial charge in [-0.2, -0.15) is 8.78 Å². The summed E-state index contributed by atoms with van der Waals surface area (Å²) in [4.78, 5) is 1.88. The van der Waals surface area contributed by atoms with Crippen LogP contribution in [0.2, 0.25) is 19.6 Å². The van der Waals surface area contributed by atoms with E-state index in [1.54, 1.807) is 48.5 Å². The van der Waals surface area contributed by atoms with Gasteiger partial charge in [-0.25, -0.2) is 0 Å². The summed E-state index contributed by atoms with van der Waals surface area (Å²) in [6.07, 6.45) is 1.97. The molecule has 1 saturated heterocycles. The molecule has 2 nitrogen and oxygen atoms in total. The third-order valence-electron chi connectivity index (χ3n) is 4.81. The lowest BCUT2D eigenvalue weighted by molar-refractivity contribution is -0.0850. The highest BCUT2D eigenvalue weighted by Crippen LogP contribution is 2.54. The molecule has 0 aliphatic carbocycles. The minimum atomic E-state index is -3.30. The first kappa shape index (κ1) is 22.4. The SMILES string of the molecule is C[Si](C)(C)OC(c1ccccc1)(c1ccccc1)C(F)(F)SC(=S)N1CCCC1. The van der Waals surface area contributed by atoms with Crippen molar-refractivity contribution in [1.82, 2.24) is 4.90 Å². The first-order valence-electron chi connectivity index (χ1n) is 9.83. The van der Waals surface area contributed by atoms with Crippen molar-refractivity contribution < 1.29 is 13.2 Å². The van der Waals surface area contributed by atoms with Crippen LogP contribution in [-0.4, -0.2) is 35.9 Å². The highest BCUT2D eigenvalue weighted by molar-refractivity contribution is 8.23. The zero-order valence-corrected chi connectivity index (χ0v) is 19.7. The zero-order valence-electron chi connectivity index (χ0n) is 17.0. The second-order valence-corrected chi connectivity index (χ2v) is 14.4. The van der Waals surface area contributed by atoms with Crippen molar-refractivity contribution in [3.05, 3.63) is 71.8 Å². The van der Waals surface area contributed by atoms with Crippen molar-refractivity contribution in [2.24, 2.45) is 0 Å². The van der Waals surface area contributed by atoms with E-state index in [-0.39, 0.29) is 4.32 Å². The molecule has 7 heteroatoms. The molecular weight excluding hydrogens is 424 g/mol. The molecule has 0 amide bonds. The quantitative estimate of drug-likeness (QED) is 0.367. The summed E-state index contributed by atoms with van der Waals surface area (Å²) in [5.41, 5.74) is -1.04. The van der Waals surface area contributed by atoms with E-state index in [2.05, 4.69) is 0 Å². The lowest BCUT2D eigenvalue weighted by atomic mass is 9.86. The molecule has 1 heterocycles. The lowest BCUT2D eigenvalue weighted by Crippen LogP contribution is -2.53. The van der Waals surface area contributed by atoms with E-state index >= 15 is 8.78 Å². The number of benzene rings is 2. The summed E-state index contributed by atoms with van der Waals surface area (Å²) in [7, 11) is -2.40. The van der Waals surface area contributed by atoms with E-state index in [9.17, 15) is 0 Å². The Kier molecular flexibility index (Phi) is 6.83. The number of hydrogen-bond acceptors (Lipinski definition) is 3. The molecule has 29 heavy (non-hydrogen) atoms. The van der Waals surface area contributed by atoms with Gasteiger partial charge >= 0.3 is 5.25 Å². The fourth-order valence-corrected chi connectivity index (χ4v) is 6.44. The van der Waals surface area contributed by atoms with E-state index < -0.39 is 19.2 Å². The van der Waals surface area contributed by atoms with Gasteiger partial charge in [0.1, 0.15) is 4.32 Å². The number of thiocarbonyl (C=S) groups is 1. The molecule has 0 N–H and O–H groups in total. The normalized spacial score (nSPS) is 15.6. The first-order chi connectivity index (χ1) is 13.7. The largest absolute Gasteiger partial charge is 0.399 e. The van der Waals surface area contributed by atoms with Gasteiger partial charge < -0.3 is 9.33 Å². The lowest BCUT2D eigenvalue weighted by Gasteiger charge is -2.44. The van der Waals surface area contributed by atoms with Crippen LogP contribution in [0, 0.1) is 0 Å². The molecule has 1 aliphatic rings. The number of halogens is 2. The van der Waals surface area contributed by atoms with Gasteiger partial charge in [-0.05, 0) is 55.4 Å². The van der Waals surface area contributed by atoms with Crippen LogP contribution in [0.3, 0.4) is 0 Å². The number of alkyl halides is 2. The van der Waals surface area contributed by atoms with Gasteiger partial charge in [0.25, 0.3) is 0 Å². The molecule has 1 fully saturated rings. The summed E-state index contributed by atoms with van der Waals surface area (Å²) in [6, 6.07) is 17.7. The maximum Gasteiger partial charge on any atom is 0.335 e. The fraction of sp³-hybridized carbons (Fsp3) is 0.409. The van der Waals surface area contributed by atoms with E-state index in [1.807, 2.05) is 36.7 Å². The number of nitrogens with zero attached hydrogens (tertiary/aromatic N) is 1. The number of thioether (sulfide) groups is 1. The zero-order chi connectivity index (χ0) is 21.1. The number of hydrogen-bond donors (Lipinski definition) is 0. The molecule has 156 valence electrons. The van der Waals surface area contributed by atoms with Crippen LogP contribution in [0.15, 0.2) is 60.7 Å². The van der Waals surface area contributed by atoms with Crippen LogP contribution in [0.5, 0.6) is 0 Å². The van der Waals surface area contributed by atoms with Crippen molar-refractivity contribution in [2.75, 3.05) is 13.1 Å². The Bertz CT molecular complexity index is 782. The Labute approximate surface area is 182 Å². The average molecular weight is 452 g/mol. The Morgan fingerprint density at radius 1 is 0.931 bits per heavy atom. The van der Waals surface area contributed by atoms with Gasteiger partial charge in [-0.3, -0.25) is 0 Å². The molecule has 0 saturated carbocycles. The van der Waals surface area contributed by atoms with Crippen molar-refractivity contribution in [3.63, 3.8) is 0 Å². The topological polar surface area (TPSA) is 12.5 Å². The Morgan fingerprint density at radius 2 is 1.38 bits per heavy atom. The standard InChI is InChI=1S/C22H27F2NOS2Si/c1-29(2,3)26-21(18-12-6-4-7-13-18,19-14-8-5-9-15-19)22(23,24)28-20(27)25-16-10-11-17-25/h4-9,12-15H,10-11,16-17H2,1-3H3. The molecule has 2 aromatic carbocycles. The van der Waals surface area contributed by atoms with Crippen LogP contribution in [0.1, 0.15) is 24.0 Å². The predicted octanol–water partition coefficient (Wildman–Crippen LogP) is 6.49. The molecule has 2 aromatic rings. The molecule has 0 radical (unpaired) electrons. The first-order valence-corrected chi connectivity index (χ1v) is 14.5. The summed E-state index contributed by atoms with van der Waals surface area (Å²) >= 11 is 5.89. The maximum atomic E-state index is 16.3. The highest BCUT2D eigenvalue weighted by atomic mass is 32.2. The van der Waals surface area contributed by atoms with Gasteiger partial charge in [0, 0.05) is 13.1 Å². The van der Waals surface area contributed by atoms with E-state index in [1.165, 1.54) is 0 Å². The molecule has 0 atom stereocenters. The van der Waals surface area contributed by atoms with Crippen molar-refractivity contribution >= 4 is 36.6 Å². The summed E-state index contributed by atoms with van der Waals surface area (Å²) < 4.78 is 39.2. The van der Waals surface area contributed by atoms with E-state index in [0.29, 0.717) is 22.9 Å². The molecule has 0 bridgehead atoms. The van der Waals surface area contributed by atoms with E-state index in [0.717, 1.165) is 25.9 Å². The Hall–Kier alpha value is -1.28. The average Bonchev–Trinajstić information content (AvgIpc) is 3.21. The second kappa shape index (κ2) is 8.84. The van der Waals surface area contributed by atoms with Crippen LogP contribution >= 0.6 is 24.0 Å². The van der Waals surface area contributed by atoms with Gasteiger partial charge in [-0.1, -0.05) is 72.9 Å². The summed E-state index contributed by atoms with van der Waals surface area (Å²) in [6.45, 7) is 7.29. The summed E-state index contributed by atoms with van der Waals surface area (Å²) in [5.74, 6) is 0. The van der Waals surface area contributed by atoms with E-state index in [4.69, 9.17) is 16.6 Å². The van der Waals surface area contributed by atoms with Crippen molar-refractivity contribution in [1.29, 1.82) is 0 Å². The third-order valence-corrected chi connectivity index (χ3v) is 7.21. The van der Waals surface area contributed by atoms with Gasteiger partial charge in [0.2, 0.25) is 0 Å². The van der Waals surface area contributed by atoms with Crippen LogP contribution in [0.4, 0.5) is 8.78 Å². The van der Waals surface area contributed by atoms with Gasteiger partial charge in [-0.15, -0.1) is 0 Å². The van der Waals surface area contributed by atoms with Crippen LogP contribution < -0.4 is 0 Å². The Morgan fingerprint density at radius 3 is 1.79 bits per heavy atom. The maximum absolute atomic E-state index is 16.3. The third kappa shape index (κ3) is 4.90. The number of likely N-dealkylation sites (tertiary alicyclic amines) is 1. The predicted molar refractivity (Wildman–Crippen MR) is 124 cm³/mol. The smallest absolute Gasteiger partial charge is 0.335 e. The Balaban J connectivity index is 2.15. The van der Waals surface area contributed by atoms with Crippen molar-refractivity contribution in [2.45, 2.75) is 43.3 Å². The highest BCUT2D eigenvalue weighted by Gasteiger charge is 2.60. The van der Waals surface area contributed by atoms with Gasteiger partial charge in [0.05, 0.1) is 0 Å². The molecule has 3 rings (SSSR count). The fourth-order valence-electron chi connectivity index (χ4n) is 3.63. The summed E-state index contributed by atoms with van der Waals surface area (Å²) in [5, 5.41) is -3.30. The van der Waals surface area contributed by atoms with Crippen LogP contribution in [0.25, 0.3) is 0 Å². The monoisotopic (exact) mass is 451 g/mol. The minimum absolute atomic E-state index is 0.239. The molecule has 0 spiro atoms. The number of rotatable bonds is 6. The second-order valence-electron chi connectivity index (χ2n) is 8.21. The molecule has 0 aromatic heterocycles. The molecular formula is C22H27F2NOS2Si. The minimum Gasteiger partial charge on any atom is -0.399 e. The van der Waals surface area contributed by atoms with Crippen molar-refractivity contribution in [3.8, 4) is 0 Å².